The van der Waals surface area contributed by atoms with Crippen LogP contribution in [0, 0.1) is 0 Å². The van der Waals surface area contributed by atoms with Crippen molar-refractivity contribution in [2.45, 2.75) is 6.54 Å². The van der Waals surface area contributed by atoms with Gasteiger partial charge in [0, 0.05) is 31.8 Å². The van der Waals surface area contributed by atoms with Crippen LogP contribution in [0.3, 0.4) is 0 Å². The number of rotatable bonds is 6. The van der Waals surface area contributed by atoms with Crippen molar-refractivity contribution in [3.63, 3.8) is 0 Å². The Morgan fingerprint density at radius 2 is 2.19 bits per heavy atom. The first-order valence-corrected chi connectivity index (χ1v) is 6.83. The minimum absolute atomic E-state index is 0.673. The Bertz CT molecular complexity index is 719. The molecule has 108 valence electrons. The molecule has 0 spiro atoms. The van der Waals surface area contributed by atoms with Crippen molar-refractivity contribution in [3.8, 4) is 5.69 Å². The molecule has 3 aromatic rings. The average Bonchev–Trinajstić information content (AvgIpc) is 3.00. The Hall–Kier alpha value is -2.31. The first kappa shape index (κ1) is 13.7. The molecule has 0 fully saturated rings. The number of hydrogen-bond donors (Lipinski definition) is 1. The van der Waals surface area contributed by atoms with Crippen LogP contribution < -0.4 is 5.32 Å². The molecule has 0 amide bonds. The van der Waals surface area contributed by atoms with Crippen LogP contribution in [0.4, 0.5) is 0 Å². The van der Waals surface area contributed by atoms with Crippen LogP contribution in [0.5, 0.6) is 0 Å². The van der Waals surface area contributed by atoms with Gasteiger partial charge < -0.3 is 10.1 Å². The number of nitrogens with zero attached hydrogens (tertiary/aromatic N) is 4. The molecule has 0 aliphatic heterocycles. The third-order valence-electron chi connectivity index (χ3n) is 3.20. The predicted molar refractivity (Wildman–Crippen MR) is 80.2 cm³/mol. The first-order chi connectivity index (χ1) is 10.4. The first-order valence-electron chi connectivity index (χ1n) is 6.83. The van der Waals surface area contributed by atoms with E-state index >= 15 is 0 Å². The lowest BCUT2D eigenvalue weighted by Crippen LogP contribution is -2.18. The Labute approximate surface area is 122 Å². The Kier molecular flexibility index (Phi) is 4.18. The summed E-state index contributed by atoms with van der Waals surface area (Å²) in [5.41, 5.74) is 2.83. The van der Waals surface area contributed by atoms with Gasteiger partial charge in [0.15, 0.2) is 0 Å². The predicted octanol–water partition coefficient (Wildman–Crippen LogP) is 1.55. The number of hydrogen-bond acceptors (Lipinski definition) is 5. The van der Waals surface area contributed by atoms with E-state index in [9.17, 15) is 0 Å². The zero-order valence-electron chi connectivity index (χ0n) is 11.9. The maximum atomic E-state index is 4.99. The summed E-state index contributed by atoms with van der Waals surface area (Å²) in [7, 11) is 1.69. The van der Waals surface area contributed by atoms with Gasteiger partial charge in [0.25, 0.3) is 0 Å². The van der Waals surface area contributed by atoms with Gasteiger partial charge in [-0.15, -0.1) is 5.10 Å². The highest BCUT2D eigenvalue weighted by atomic mass is 16.5. The molecule has 2 aromatic heterocycles. The standard InChI is InChI=1S/C15H17N5O/c1-21-9-8-16-10-12-11-20(19-18-12)15-6-2-5-14-13(15)4-3-7-17-14/h2-7,11,16H,8-10H2,1H3. The van der Waals surface area contributed by atoms with Crippen molar-refractivity contribution in [3.05, 3.63) is 48.4 Å². The maximum absolute atomic E-state index is 4.99. The van der Waals surface area contributed by atoms with E-state index in [4.69, 9.17) is 4.74 Å². The molecule has 0 aliphatic carbocycles. The minimum atomic E-state index is 0.673. The Morgan fingerprint density at radius 1 is 1.24 bits per heavy atom. The molecule has 1 N–H and O–H groups in total. The van der Waals surface area contributed by atoms with E-state index in [1.165, 1.54) is 0 Å². The van der Waals surface area contributed by atoms with Crippen molar-refractivity contribution >= 4 is 10.9 Å². The van der Waals surface area contributed by atoms with Crippen molar-refractivity contribution < 1.29 is 4.74 Å². The monoisotopic (exact) mass is 283 g/mol. The number of benzene rings is 1. The Morgan fingerprint density at radius 3 is 3.10 bits per heavy atom. The third kappa shape index (κ3) is 3.07. The summed E-state index contributed by atoms with van der Waals surface area (Å²) in [4.78, 5) is 4.36. The fraction of sp³-hybridized carbons (Fsp3) is 0.267. The smallest absolute Gasteiger partial charge is 0.0969 e. The van der Waals surface area contributed by atoms with Crippen LogP contribution >= 0.6 is 0 Å². The van der Waals surface area contributed by atoms with Gasteiger partial charge in [0.1, 0.15) is 0 Å². The van der Waals surface area contributed by atoms with Gasteiger partial charge in [-0.3, -0.25) is 4.98 Å². The molecule has 0 aliphatic rings. The largest absolute Gasteiger partial charge is 0.383 e. The highest BCUT2D eigenvalue weighted by Crippen LogP contribution is 2.19. The highest BCUT2D eigenvalue weighted by Gasteiger charge is 2.06. The topological polar surface area (TPSA) is 64.9 Å². The molecule has 0 saturated carbocycles. The summed E-state index contributed by atoms with van der Waals surface area (Å²) in [6.07, 6.45) is 3.72. The van der Waals surface area contributed by atoms with Gasteiger partial charge >= 0.3 is 0 Å². The van der Waals surface area contributed by atoms with Crippen molar-refractivity contribution in [1.82, 2.24) is 25.3 Å². The number of nitrogens with one attached hydrogen (secondary N) is 1. The molecular weight excluding hydrogens is 266 g/mol. The lowest BCUT2D eigenvalue weighted by Gasteiger charge is -2.04. The summed E-state index contributed by atoms with van der Waals surface area (Å²) in [5, 5.41) is 12.7. The molecule has 0 unspecified atom stereocenters. The molecule has 0 radical (unpaired) electrons. The molecular formula is C15H17N5O. The van der Waals surface area contributed by atoms with Gasteiger partial charge in [-0.05, 0) is 24.3 Å². The van der Waals surface area contributed by atoms with Crippen LogP contribution in [0.15, 0.2) is 42.7 Å². The fourth-order valence-electron chi connectivity index (χ4n) is 2.17. The summed E-state index contributed by atoms with van der Waals surface area (Å²) in [6, 6.07) is 9.94. The van der Waals surface area contributed by atoms with Gasteiger partial charge in [-0.2, -0.15) is 0 Å². The number of aromatic nitrogens is 4. The number of ether oxygens (including phenoxy) is 1. The normalized spacial score (nSPS) is 11.1. The second kappa shape index (κ2) is 6.43. The third-order valence-corrected chi connectivity index (χ3v) is 3.20. The minimum Gasteiger partial charge on any atom is -0.383 e. The second-order valence-corrected chi connectivity index (χ2v) is 4.67. The van der Waals surface area contributed by atoms with E-state index in [1.54, 1.807) is 18.0 Å². The van der Waals surface area contributed by atoms with Gasteiger partial charge in [0.05, 0.1) is 29.7 Å². The van der Waals surface area contributed by atoms with E-state index in [2.05, 4.69) is 20.6 Å². The van der Waals surface area contributed by atoms with E-state index in [1.807, 2.05) is 36.5 Å². The van der Waals surface area contributed by atoms with Crippen molar-refractivity contribution in [2.75, 3.05) is 20.3 Å². The van der Waals surface area contributed by atoms with Gasteiger partial charge in [-0.1, -0.05) is 11.3 Å². The molecule has 1 aromatic carbocycles. The summed E-state index contributed by atoms with van der Waals surface area (Å²) in [6.45, 7) is 2.15. The van der Waals surface area contributed by atoms with Crippen LogP contribution in [0.1, 0.15) is 5.69 Å². The van der Waals surface area contributed by atoms with Crippen LogP contribution in [0.25, 0.3) is 16.6 Å². The zero-order valence-corrected chi connectivity index (χ0v) is 11.9. The van der Waals surface area contributed by atoms with E-state index in [-0.39, 0.29) is 0 Å². The quantitative estimate of drug-likeness (QED) is 0.695. The summed E-state index contributed by atoms with van der Waals surface area (Å²) < 4.78 is 6.78. The van der Waals surface area contributed by atoms with E-state index in [0.717, 1.165) is 28.8 Å². The van der Waals surface area contributed by atoms with Crippen LogP contribution in [0.2, 0.25) is 0 Å². The summed E-state index contributed by atoms with van der Waals surface area (Å²) in [5.74, 6) is 0. The van der Waals surface area contributed by atoms with Crippen LogP contribution in [-0.4, -0.2) is 40.2 Å². The highest BCUT2D eigenvalue weighted by molar-refractivity contribution is 5.86. The number of methoxy groups -OCH3 is 1. The van der Waals surface area contributed by atoms with Crippen molar-refractivity contribution in [2.24, 2.45) is 0 Å². The lowest BCUT2D eigenvalue weighted by molar-refractivity contribution is 0.199. The number of pyridine rings is 1. The average molecular weight is 283 g/mol. The fourth-order valence-corrected chi connectivity index (χ4v) is 2.17. The molecule has 0 atom stereocenters. The lowest BCUT2D eigenvalue weighted by atomic mass is 10.2. The maximum Gasteiger partial charge on any atom is 0.0969 e. The molecule has 6 nitrogen and oxygen atoms in total. The van der Waals surface area contributed by atoms with Gasteiger partial charge in [0.2, 0.25) is 0 Å². The van der Waals surface area contributed by atoms with E-state index in [0.29, 0.717) is 13.2 Å². The SMILES string of the molecule is COCCNCc1cn(-c2cccc3ncccc23)nn1. The number of fused-ring (bicyclic) bond motifs is 1. The molecule has 6 heteroatoms. The molecule has 0 saturated heterocycles. The molecule has 3 rings (SSSR count). The molecule has 2 heterocycles. The van der Waals surface area contributed by atoms with Crippen LogP contribution in [-0.2, 0) is 11.3 Å². The van der Waals surface area contributed by atoms with Crippen molar-refractivity contribution in [1.29, 1.82) is 0 Å². The Balaban J connectivity index is 1.81. The zero-order chi connectivity index (χ0) is 14.5. The molecule has 21 heavy (non-hydrogen) atoms. The van der Waals surface area contributed by atoms with E-state index < -0.39 is 0 Å². The summed E-state index contributed by atoms with van der Waals surface area (Å²) >= 11 is 0. The molecule has 0 bridgehead atoms. The second-order valence-electron chi connectivity index (χ2n) is 4.67. The van der Waals surface area contributed by atoms with Gasteiger partial charge in [-0.25, -0.2) is 4.68 Å².